The normalized spacial score (nSPS) is 18.7. The van der Waals surface area contributed by atoms with Crippen LogP contribution in [0.1, 0.15) is 24.6 Å². The lowest BCUT2D eigenvalue weighted by Gasteiger charge is -2.40. The third-order valence-corrected chi connectivity index (χ3v) is 6.85. The first kappa shape index (κ1) is 27.3. The van der Waals surface area contributed by atoms with E-state index in [1.54, 1.807) is 4.90 Å². The first-order valence-electron chi connectivity index (χ1n) is 12.5. The quantitative estimate of drug-likeness (QED) is 0.365. The van der Waals surface area contributed by atoms with Crippen molar-refractivity contribution in [1.82, 2.24) is 14.8 Å². The number of aliphatic hydroxyl groups excluding tert-OH is 1. The van der Waals surface area contributed by atoms with E-state index in [1.165, 1.54) is 23.1 Å². The van der Waals surface area contributed by atoms with Crippen molar-refractivity contribution in [3.63, 3.8) is 0 Å². The maximum Gasteiger partial charge on any atom is 0.283 e. The van der Waals surface area contributed by atoms with E-state index in [9.17, 15) is 22.0 Å². The van der Waals surface area contributed by atoms with Gasteiger partial charge in [0.2, 0.25) is 0 Å². The number of benzene rings is 2. The standard InChI is InChI=1S/C15H18F2N2O.C12H15F3N2/c1-10-6-12-11-4-2-3-5-13(11)18-14(12)7-19(10)8-15(16,17)9-20;13-2-1-3-17-7-12(8-17)16-11-5-9(14)4-10(15)6-11/h2-5,10,18,20H,6-9H2,1H3;4-6,12,16H,1-3,7-8H2/t10-;/m1./s1. The number of rotatable bonds is 8. The maximum atomic E-state index is 13.4. The summed E-state index contributed by atoms with van der Waals surface area (Å²) in [5.41, 5.74) is 3.76. The number of H-pyrrole nitrogens is 1. The molecule has 0 unspecified atom stereocenters. The van der Waals surface area contributed by atoms with Gasteiger partial charge in [0.25, 0.3) is 5.92 Å². The maximum absolute atomic E-state index is 13.4. The molecule has 202 valence electrons. The SMILES string of the molecule is C[C@@H]1Cc2c([nH]c3ccccc23)CN1CC(F)(F)CO.FCCCN1CC(Nc2cc(F)cc(F)c2)C1. The highest BCUT2D eigenvalue weighted by atomic mass is 19.3. The molecule has 5 nitrogen and oxygen atoms in total. The second-order valence-corrected chi connectivity index (χ2v) is 9.90. The molecular weight excluding hydrogens is 491 g/mol. The van der Waals surface area contributed by atoms with Crippen LogP contribution in [0.4, 0.5) is 27.6 Å². The number of hydrogen-bond donors (Lipinski definition) is 3. The monoisotopic (exact) mass is 524 g/mol. The summed E-state index contributed by atoms with van der Waals surface area (Å²) in [5.74, 6) is -4.21. The molecule has 10 heteroatoms. The molecular formula is C27H33F5N4O. The summed E-state index contributed by atoms with van der Waals surface area (Å²) in [5, 5.41) is 13.0. The van der Waals surface area contributed by atoms with Crippen LogP contribution in [0.2, 0.25) is 0 Å². The Hall–Kier alpha value is -2.69. The summed E-state index contributed by atoms with van der Waals surface area (Å²) in [4.78, 5) is 7.16. The van der Waals surface area contributed by atoms with E-state index >= 15 is 0 Å². The Kier molecular flexibility index (Phi) is 8.71. The summed E-state index contributed by atoms with van der Waals surface area (Å²) in [6, 6.07) is 11.6. The van der Waals surface area contributed by atoms with Gasteiger partial charge < -0.3 is 15.4 Å². The molecule has 5 rings (SSSR count). The zero-order valence-electron chi connectivity index (χ0n) is 20.8. The molecule has 0 saturated carbocycles. The molecule has 2 aromatic carbocycles. The van der Waals surface area contributed by atoms with Crippen molar-refractivity contribution in [3.8, 4) is 0 Å². The average molecular weight is 525 g/mol. The molecule has 0 amide bonds. The fraction of sp³-hybridized carbons (Fsp3) is 0.481. The number of aromatic amines is 1. The molecule has 0 radical (unpaired) electrons. The van der Waals surface area contributed by atoms with Crippen molar-refractivity contribution in [3.05, 3.63) is 65.4 Å². The van der Waals surface area contributed by atoms with Crippen molar-refractivity contribution in [2.24, 2.45) is 0 Å². The number of para-hydroxylation sites is 1. The van der Waals surface area contributed by atoms with Gasteiger partial charge in [0, 0.05) is 60.6 Å². The highest BCUT2D eigenvalue weighted by molar-refractivity contribution is 5.84. The number of nitrogens with one attached hydrogen (secondary N) is 2. The van der Waals surface area contributed by atoms with E-state index in [1.807, 2.05) is 25.1 Å². The van der Waals surface area contributed by atoms with Crippen molar-refractivity contribution in [1.29, 1.82) is 0 Å². The molecule has 1 fully saturated rings. The van der Waals surface area contributed by atoms with E-state index in [0.29, 0.717) is 18.7 Å². The number of hydrogen-bond acceptors (Lipinski definition) is 4. The van der Waals surface area contributed by atoms with Crippen LogP contribution in [-0.4, -0.2) is 77.4 Å². The van der Waals surface area contributed by atoms with Crippen LogP contribution in [0.25, 0.3) is 10.9 Å². The van der Waals surface area contributed by atoms with Gasteiger partial charge in [-0.05, 0) is 43.5 Å². The third kappa shape index (κ3) is 7.00. The highest BCUT2D eigenvalue weighted by Crippen LogP contribution is 2.31. The minimum absolute atomic E-state index is 0.0409. The van der Waals surface area contributed by atoms with E-state index in [-0.39, 0.29) is 18.8 Å². The van der Waals surface area contributed by atoms with Gasteiger partial charge in [0.15, 0.2) is 0 Å². The molecule has 2 aliphatic heterocycles. The van der Waals surface area contributed by atoms with Gasteiger partial charge in [-0.25, -0.2) is 17.6 Å². The Balaban J connectivity index is 0.000000176. The lowest BCUT2D eigenvalue weighted by atomic mass is 9.97. The Morgan fingerprint density at radius 3 is 2.49 bits per heavy atom. The molecule has 37 heavy (non-hydrogen) atoms. The number of anilines is 1. The second-order valence-electron chi connectivity index (χ2n) is 9.90. The molecule has 1 atom stereocenters. The summed E-state index contributed by atoms with van der Waals surface area (Å²) < 4.78 is 64.5. The number of fused-ring (bicyclic) bond motifs is 3. The van der Waals surface area contributed by atoms with Crippen LogP contribution in [0, 0.1) is 11.6 Å². The number of halogens is 5. The average Bonchev–Trinajstić information content (AvgIpc) is 3.17. The Labute approximate surface area is 213 Å². The van der Waals surface area contributed by atoms with Crippen LogP contribution in [0.15, 0.2) is 42.5 Å². The number of nitrogens with zero attached hydrogens (tertiary/aromatic N) is 2. The molecule has 3 aromatic rings. The van der Waals surface area contributed by atoms with Crippen molar-refractivity contribution in [2.45, 2.75) is 44.3 Å². The minimum atomic E-state index is -3.04. The van der Waals surface area contributed by atoms with Gasteiger partial charge in [-0.3, -0.25) is 14.2 Å². The van der Waals surface area contributed by atoms with E-state index < -0.39 is 30.7 Å². The van der Waals surface area contributed by atoms with Crippen LogP contribution < -0.4 is 5.32 Å². The van der Waals surface area contributed by atoms with Gasteiger partial charge in [-0.2, -0.15) is 0 Å². The van der Waals surface area contributed by atoms with E-state index in [2.05, 4.69) is 21.3 Å². The minimum Gasteiger partial charge on any atom is -0.390 e. The highest BCUT2D eigenvalue weighted by Gasteiger charge is 2.35. The Bertz CT molecular complexity index is 1160. The predicted molar refractivity (Wildman–Crippen MR) is 135 cm³/mol. The summed E-state index contributed by atoms with van der Waals surface area (Å²) in [7, 11) is 0. The molecule has 0 spiro atoms. The van der Waals surface area contributed by atoms with Crippen LogP contribution in [-0.2, 0) is 13.0 Å². The summed E-state index contributed by atoms with van der Waals surface area (Å²) >= 11 is 0. The number of aromatic nitrogens is 1. The second kappa shape index (κ2) is 11.8. The van der Waals surface area contributed by atoms with Gasteiger partial charge in [0.05, 0.1) is 19.3 Å². The molecule has 2 aliphatic rings. The van der Waals surface area contributed by atoms with Crippen molar-refractivity contribution in [2.75, 3.05) is 44.8 Å². The summed E-state index contributed by atoms with van der Waals surface area (Å²) in [6.45, 7) is 2.94. The van der Waals surface area contributed by atoms with Crippen LogP contribution >= 0.6 is 0 Å². The largest absolute Gasteiger partial charge is 0.390 e. The molecule has 3 heterocycles. The number of likely N-dealkylation sites (tertiary alicyclic amines) is 1. The molecule has 0 bridgehead atoms. The van der Waals surface area contributed by atoms with Gasteiger partial charge in [-0.15, -0.1) is 0 Å². The molecule has 0 aliphatic carbocycles. The molecule has 1 aromatic heterocycles. The van der Waals surface area contributed by atoms with Gasteiger partial charge >= 0.3 is 0 Å². The van der Waals surface area contributed by atoms with Crippen LogP contribution in [0.5, 0.6) is 0 Å². The number of aliphatic hydroxyl groups is 1. The first-order chi connectivity index (χ1) is 17.7. The fourth-order valence-electron chi connectivity index (χ4n) is 4.97. The first-order valence-corrected chi connectivity index (χ1v) is 12.5. The zero-order chi connectivity index (χ0) is 26.6. The number of alkyl halides is 3. The lowest BCUT2D eigenvalue weighted by molar-refractivity contribution is -0.0819. The molecule has 3 N–H and O–H groups in total. The van der Waals surface area contributed by atoms with Gasteiger partial charge in [0.1, 0.15) is 18.2 Å². The third-order valence-electron chi connectivity index (χ3n) is 6.85. The van der Waals surface area contributed by atoms with Crippen molar-refractivity contribution < 1.29 is 27.1 Å². The predicted octanol–water partition coefficient (Wildman–Crippen LogP) is 4.96. The Morgan fingerprint density at radius 2 is 1.81 bits per heavy atom. The topological polar surface area (TPSA) is 54.5 Å². The van der Waals surface area contributed by atoms with Crippen molar-refractivity contribution >= 4 is 16.6 Å². The summed E-state index contributed by atoms with van der Waals surface area (Å²) in [6.07, 6.45) is 1.29. The zero-order valence-corrected chi connectivity index (χ0v) is 20.8. The van der Waals surface area contributed by atoms with E-state index in [0.717, 1.165) is 43.3 Å². The smallest absolute Gasteiger partial charge is 0.283 e. The fourth-order valence-corrected chi connectivity index (χ4v) is 4.97. The van der Waals surface area contributed by atoms with Gasteiger partial charge in [-0.1, -0.05) is 18.2 Å². The molecule has 1 saturated heterocycles. The van der Waals surface area contributed by atoms with E-state index in [4.69, 9.17) is 5.11 Å². The lowest BCUT2D eigenvalue weighted by Crippen LogP contribution is -2.54. The van der Waals surface area contributed by atoms with Crippen LogP contribution in [0.3, 0.4) is 0 Å². The Morgan fingerprint density at radius 1 is 1.11 bits per heavy atom.